The molecule has 0 unspecified atom stereocenters. The number of aromatic amines is 1. The summed E-state index contributed by atoms with van der Waals surface area (Å²) in [4.78, 5) is 26.6. The number of aryl methyl sites for hydroxylation is 1. The van der Waals surface area contributed by atoms with E-state index in [1.54, 1.807) is 19.5 Å². The number of benzene rings is 1. The third kappa shape index (κ3) is 3.61. The molecule has 0 amide bonds. The van der Waals surface area contributed by atoms with Crippen molar-refractivity contribution < 1.29 is 4.74 Å². The van der Waals surface area contributed by atoms with E-state index >= 15 is 0 Å². The fourth-order valence-corrected chi connectivity index (χ4v) is 3.47. The number of pyridine rings is 1. The van der Waals surface area contributed by atoms with Gasteiger partial charge in [0, 0.05) is 44.0 Å². The second kappa shape index (κ2) is 7.32. The Bertz CT molecular complexity index is 1010. The summed E-state index contributed by atoms with van der Waals surface area (Å²) in [5, 5.41) is 0. The van der Waals surface area contributed by atoms with Gasteiger partial charge in [-0.2, -0.15) is 0 Å². The van der Waals surface area contributed by atoms with Gasteiger partial charge in [-0.15, -0.1) is 0 Å². The summed E-state index contributed by atoms with van der Waals surface area (Å²) in [5.74, 6) is 1.45. The van der Waals surface area contributed by atoms with Crippen LogP contribution in [0.1, 0.15) is 22.4 Å². The van der Waals surface area contributed by atoms with Crippen molar-refractivity contribution in [1.29, 1.82) is 0 Å². The lowest BCUT2D eigenvalue weighted by molar-refractivity contribution is 0.241. The smallest absolute Gasteiger partial charge is 0.255 e. The number of rotatable bonds is 4. The monoisotopic (exact) mass is 362 g/mol. The fourth-order valence-electron chi connectivity index (χ4n) is 3.47. The van der Waals surface area contributed by atoms with E-state index in [-0.39, 0.29) is 5.56 Å². The highest BCUT2D eigenvalue weighted by atomic mass is 16.5. The molecule has 4 rings (SSSR count). The average Bonchev–Trinajstić information content (AvgIpc) is 2.70. The lowest BCUT2D eigenvalue weighted by atomic mass is 10.0. The second-order valence-corrected chi connectivity index (χ2v) is 6.83. The molecule has 3 heterocycles. The first-order valence-electron chi connectivity index (χ1n) is 9.02. The third-order valence-electron chi connectivity index (χ3n) is 5.03. The minimum absolute atomic E-state index is 0.0602. The van der Waals surface area contributed by atoms with E-state index in [1.165, 1.54) is 11.1 Å². The normalized spacial score (nSPS) is 14.0. The molecule has 0 spiro atoms. The predicted octanol–water partition coefficient (Wildman–Crippen LogP) is 2.71. The van der Waals surface area contributed by atoms with Crippen LogP contribution in [0.2, 0.25) is 0 Å². The van der Waals surface area contributed by atoms with E-state index in [9.17, 15) is 4.79 Å². The van der Waals surface area contributed by atoms with Crippen molar-refractivity contribution in [3.63, 3.8) is 0 Å². The lowest BCUT2D eigenvalue weighted by Crippen LogP contribution is -2.35. The summed E-state index contributed by atoms with van der Waals surface area (Å²) < 4.78 is 5.28. The second-order valence-electron chi connectivity index (χ2n) is 6.83. The summed E-state index contributed by atoms with van der Waals surface area (Å²) in [6, 6.07) is 9.86. The number of aromatic nitrogens is 3. The third-order valence-corrected chi connectivity index (χ3v) is 5.03. The molecule has 1 aliphatic rings. The molecule has 0 bridgehead atoms. The van der Waals surface area contributed by atoms with Crippen molar-refractivity contribution in [3.8, 4) is 17.1 Å². The highest BCUT2D eigenvalue weighted by molar-refractivity contribution is 5.53. The number of hydrogen-bond acceptors (Lipinski definition) is 5. The molecule has 0 radical (unpaired) electrons. The van der Waals surface area contributed by atoms with Crippen LogP contribution >= 0.6 is 0 Å². The summed E-state index contributed by atoms with van der Waals surface area (Å²) in [6.45, 7) is 4.38. The van der Waals surface area contributed by atoms with Gasteiger partial charge >= 0.3 is 0 Å². The minimum atomic E-state index is -0.0602. The van der Waals surface area contributed by atoms with Gasteiger partial charge in [-0.05, 0) is 42.3 Å². The van der Waals surface area contributed by atoms with E-state index in [4.69, 9.17) is 4.74 Å². The Morgan fingerprint density at radius 2 is 2.19 bits per heavy atom. The highest BCUT2D eigenvalue weighted by Crippen LogP contribution is 2.22. The maximum absolute atomic E-state index is 12.6. The van der Waals surface area contributed by atoms with Gasteiger partial charge in [-0.3, -0.25) is 14.7 Å². The van der Waals surface area contributed by atoms with Gasteiger partial charge in [0.15, 0.2) is 0 Å². The van der Waals surface area contributed by atoms with Crippen molar-refractivity contribution in [2.75, 3.05) is 13.7 Å². The molecule has 2 aromatic heterocycles. The quantitative estimate of drug-likeness (QED) is 0.773. The first-order chi connectivity index (χ1) is 13.1. The largest absolute Gasteiger partial charge is 0.497 e. The summed E-state index contributed by atoms with van der Waals surface area (Å²) in [6.07, 6.45) is 4.19. The Hall–Kier alpha value is -2.99. The van der Waals surface area contributed by atoms with Gasteiger partial charge in [-0.25, -0.2) is 4.98 Å². The van der Waals surface area contributed by atoms with Crippen LogP contribution < -0.4 is 10.3 Å². The zero-order valence-corrected chi connectivity index (χ0v) is 15.5. The van der Waals surface area contributed by atoms with Crippen LogP contribution in [0.25, 0.3) is 11.4 Å². The Kier molecular flexibility index (Phi) is 4.73. The Morgan fingerprint density at radius 1 is 1.30 bits per heavy atom. The zero-order valence-electron chi connectivity index (χ0n) is 15.5. The van der Waals surface area contributed by atoms with Crippen molar-refractivity contribution in [3.05, 3.63) is 75.5 Å². The molecule has 27 heavy (non-hydrogen) atoms. The maximum Gasteiger partial charge on any atom is 0.255 e. The molecule has 6 nitrogen and oxygen atoms in total. The zero-order chi connectivity index (χ0) is 18.8. The van der Waals surface area contributed by atoms with Crippen molar-refractivity contribution >= 4 is 0 Å². The SMILES string of the molecule is COc1ccc(CN2CCc3nc(-c4cccnc4)[nH]c(=O)c3C2)c(C)c1. The molecule has 1 aliphatic heterocycles. The molecule has 1 N–H and O–H groups in total. The lowest BCUT2D eigenvalue weighted by Gasteiger charge is -2.28. The topological polar surface area (TPSA) is 71.1 Å². The van der Waals surface area contributed by atoms with Gasteiger partial charge in [0.2, 0.25) is 0 Å². The molecule has 6 heteroatoms. The van der Waals surface area contributed by atoms with E-state index in [0.717, 1.165) is 42.1 Å². The molecular formula is C21H22N4O2. The molecule has 138 valence electrons. The number of ether oxygens (including phenoxy) is 1. The van der Waals surface area contributed by atoms with Crippen LogP contribution in [-0.4, -0.2) is 33.5 Å². The molecule has 0 saturated carbocycles. The van der Waals surface area contributed by atoms with E-state index in [1.807, 2.05) is 24.3 Å². The van der Waals surface area contributed by atoms with Crippen LogP contribution in [0.5, 0.6) is 5.75 Å². The number of nitrogens with one attached hydrogen (secondary N) is 1. The Morgan fingerprint density at radius 3 is 2.93 bits per heavy atom. The average molecular weight is 362 g/mol. The van der Waals surface area contributed by atoms with Gasteiger partial charge in [0.05, 0.1) is 18.4 Å². The molecule has 0 saturated heterocycles. The van der Waals surface area contributed by atoms with E-state index < -0.39 is 0 Å². The Balaban J connectivity index is 1.56. The predicted molar refractivity (Wildman–Crippen MR) is 104 cm³/mol. The molecule has 3 aromatic rings. The molecule has 1 aromatic carbocycles. The number of fused-ring (bicyclic) bond motifs is 1. The number of H-pyrrole nitrogens is 1. The number of methoxy groups -OCH3 is 1. The van der Waals surface area contributed by atoms with E-state index in [0.29, 0.717) is 12.4 Å². The molecule has 0 atom stereocenters. The molecule has 0 fully saturated rings. The first-order valence-corrected chi connectivity index (χ1v) is 9.02. The van der Waals surface area contributed by atoms with Crippen molar-refractivity contribution in [2.24, 2.45) is 0 Å². The van der Waals surface area contributed by atoms with Crippen LogP contribution in [-0.2, 0) is 19.5 Å². The molecular weight excluding hydrogens is 340 g/mol. The highest BCUT2D eigenvalue weighted by Gasteiger charge is 2.22. The van der Waals surface area contributed by atoms with Gasteiger partial charge in [0.1, 0.15) is 11.6 Å². The van der Waals surface area contributed by atoms with Crippen molar-refractivity contribution in [2.45, 2.75) is 26.4 Å². The molecule has 0 aliphatic carbocycles. The van der Waals surface area contributed by atoms with Gasteiger partial charge < -0.3 is 9.72 Å². The number of hydrogen-bond donors (Lipinski definition) is 1. The van der Waals surface area contributed by atoms with Crippen LogP contribution in [0.3, 0.4) is 0 Å². The van der Waals surface area contributed by atoms with Crippen LogP contribution in [0.4, 0.5) is 0 Å². The van der Waals surface area contributed by atoms with Crippen molar-refractivity contribution in [1.82, 2.24) is 19.9 Å². The number of nitrogens with zero attached hydrogens (tertiary/aromatic N) is 3. The maximum atomic E-state index is 12.6. The standard InChI is InChI=1S/C21H22N4O2/c1-14-10-17(27-2)6-5-16(14)12-25-9-7-19-18(13-25)21(26)24-20(23-19)15-4-3-8-22-11-15/h3-6,8,10-11H,7,9,12-13H2,1-2H3,(H,23,24,26). The van der Waals surface area contributed by atoms with Crippen LogP contribution in [0.15, 0.2) is 47.5 Å². The summed E-state index contributed by atoms with van der Waals surface area (Å²) >= 11 is 0. The first kappa shape index (κ1) is 17.4. The van der Waals surface area contributed by atoms with Gasteiger partial charge in [-0.1, -0.05) is 6.07 Å². The fraction of sp³-hybridized carbons (Fsp3) is 0.286. The van der Waals surface area contributed by atoms with Gasteiger partial charge in [0.25, 0.3) is 5.56 Å². The Labute approximate surface area is 157 Å². The minimum Gasteiger partial charge on any atom is -0.497 e. The summed E-state index contributed by atoms with van der Waals surface area (Å²) in [7, 11) is 1.68. The van der Waals surface area contributed by atoms with E-state index in [2.05, 4.69) is 32.8 Å². The summed E-state index contributed by atoms with van der Waals surface area (Å²) in [5.41, 5.74) is 4.86. The van der Waals surface area contributed by atoms with Crippen LogP contribution in [0, 0.1) is 6.92 Å².